The number of rotatable bonds is 12. The van der Waals surface area contributed by atoms with Gasteiger partial charge in [-0.3, -0.25) is 14.9 Å². The number of hydrogen-bond acceptors (Lipinski definition) is 7. The minimum atomic E-state index is -0.460. The van der Waals surface area contributed by atoms with Crippen LogP contribution >= 0.6 is 11.6 Å². The number of ether oxygens (including phenoxy) is 3. The Morgan fingerprint density at radius 1 is 1.06 bits per heavy atom. The number of halogens is 1. The van der Waals surface area contributed by atoms with E-state index in [2.05, 4.69) is 17.1 Å². The van der Waals surface area contributed by atoms with Crippen LogP contribution < -0.4 is 19.6 Å². The van der Waals surface area contributed by atoms with E-state index in [9.17, 15) is 14.9 Å². The Hall–Kier alpha value is -4.37. The third-order valence-electron chi connectivity index (χ3n) is 4.74. The quantitative estimate of drug-likeness (QED) is 0.148. The molecule has 0 spiro atoms. The molecule has 0 radical (unpaired) electrons. The number of nitrogens with zero attached hydrogens (tertiary/aromatic N) is 2. The largest absolute Gasteiger partial charge is 0.490 e. The summed E-state index contributed by atoms with van der Waals surface area (Å²) < 4.78 is 16.8. The maximum atomic E-state index is 12.5. The second kappa shape index (κ2) is 12.9. The summed E-state index contributed by atoms with van der Waals surface area (Å²) >= 11 is 6.30. The topological polar surface area (TPSA) is 112 Å². The lowest BCUT2D eigenvalue weighted by molar-refractivity contribution is -0.384. The van der Waals surface area contributed by atoms with Crippen LogP contribution in [0.2, 0.25) is 5.02 Å². The van der Waals surface area contributed by atoms with E-state index in [1.807, 2.05) is 6.92 Å². The molecule has 0 saturated heterocycles. The fraction of sp³-hybridized carbons (Fsp3) is 0.154. The Balaban J connectivity index is 1.58. The van der Waals surface area contributed by atoms with Crippen molar-refractivity contribution in [1.29, 1.82) is 0 Å². The first kappa shape index (κ1) is 26.2. The predicted molar refractivity (Wildman–Crippen MR) is 137 cm³/mol. The number of nitro benzene ring substituents is 1. The zero-order chi connectivity index (χ0) is 25.9. The molecule has 3 rings (SSSR count). The maximum Gasteiger partial charge on any atom is 0.271 e. The maximum absolute atomic E-state index is 12.5. The first-order chi connectivity index (χ1) is 17.4. The molecular formula is C26H24ClN3O6. The van der Waals surface area contributed by atoms with E-state index in [-0.39, 0.29) is 12.3 Å². The number of hydrazone groups is 1. The van der Waals surface area contributed by atoms with E-state index >= 15 is 0 Å². The van der Waals surface area contributed by atoms with Crippen LogP contribution in [0.4, 0.5) is 5.69 Å². The van der Waals surface area contributed by atoms with Gasteiger partial charge in [0.15, 0.2) is 11.5 Å². The summed E-state index contributed by atoms with van der Waals surface area (Å²) in [4.78, 5) is 22.8. The normalized spacial score (nSPS) is 10.6. The van der Waals surface area contributed by atoms with Crippen molar-refractivity contribution in [2.24, 2.45) is 5.10 Å². The first-order valence-corrected chi connectivity index (χ1v) is 11.3. The van der Waals surface area contributed by atoms with E-state index in [4.69, 9.17) is 25.8 Å². The molecule has 0 unspecified atom stereocenters. The number of nitro groups is 1. The molecule has 36 heavy (non-hydrogen) atoms. The summed E-state index contributed by atoms with van der Waals surface area (Å²) in [5.74, 6) is 0.990. The number of amides is 1. The molecule has 3 aromatic rings. The summed E-state index contributed by atoms with van der Waals surface area (Å²) in [7, 11) is 0. The van der Waals surface area contributed by atoms with Crippen LogP contribution in [0, 0.1) is 10.1 Å². The third-order valence-corrected chi connectivity index (χ3v) is 5.03. The van der Waals surface area contributed by atoms with Crippen LogP contribution in [0.3, 0.4) is 0 Å². The number of carbonyl (C=O) groups is 1. The molecule has 0 aromatic heterocycles. The Bertz CT molecular complexity index is 1260. The molecule has 3 aromatic carbocycles. The summed E-state index contributed by atoms with van der Waals surface area (Å²) in [6, 6.07) is 16.0. The van der Waals surface area contributed by atoms with Gasteiger partial charge in [-0.15, -0.1) is 0 Å². The fourth-order valence-electron chi connectivity index (χ4n) is 3.00. The van der Waals surface area contributed by atoms with Crippen LogP contribution in [0.5, 0.6) is 17.2 Å². The van der Waals surface area contributed by atoms with Gasteiger partial charge in [-0.05, 0) is 66.6 Å². The average Bonchev–Trinajstić information content (AvgIpc) is 2.87. The lowest BCUT2D eigenvalue weighted by Crippen LogP contribution is -2.17. The molecule has 1 N–H and O–H groups in total. The minimum Gasteiger partial charge on any atom is -0.490 e. The molecule has 0 aliphatic heterocycles. The monoisotopic (exact) mass is 509 g/mol. The highest BCUT2D eigenvalue weighted by Gasteiger charge is 2.11. The van der Waals surface area contributed by atoms with Gasteiger partial charge in [-0.2, -0.15) is 5.10 Å². The SMILES string of the molecule is C=CCOc1ccc(C(=O)N/N=C/c2ccc(OCc3ccc([N+](=O)[O-])cc3)c(Cl)c2)cc1OCC. The van der Waals surface area contributed by atoms with Gasteiger partial charge >= 0.3 is 0 Å². The van der Waals surface area contributed by atoms with Crippen molar-refractivity contribution in [2.45, 2.75) is 13.5 Å². The molecule has 0 saturated carbocycles. The Labute approximate surface area is 213 Å². The zero-order valence-electron chi connectivity index (χ0n) is 19.5. The lowest BCUT2D eigenvalue weighted by atomic mass is 10.2. The Morgan fingerprint density at radius 2 is 1.81 bits per heavy atom. The van der Waals surface area contributed by atoms with E-state index in [1.54, 1.807) is 54.6 Å². The molecule has 1 amide bonds. The van der Waals surface area contributed by atoms with Gasteiger partial charge in [0.05, 0.1) is 22.8 Å². The van der Waals surface area contributed by atoms with E-state index in [0.29, 0.717) is 46.6 Å². The Kier molecular flexibility index (Phi) is 9.41. The fourth-order valence-corrected chi connectivity index (χ4v) is 3.25. The average molecular weight is 510 g/mol. The van der Waals surface area contributed by atoms with Gasteiger partial charge in [-0.1, -0.05) is 24.3 Å². The Morgan fingerprint density at radius 3 is 2.47 bits per heavy atom. The van der Waals surface area contributed by atoms with Gasteiger partial charge in [-0.25, -0.2) is 5.43 Å². The number of non-ortho nitro benzene ring substituents is 1. The zero-order valence-corrected chi connectivity index (χ0v) is 20.2. The second-order valence-electron chi connectivity index (χ2n) is 7.30. The molecule has 0 fully saturated rings. The van der Waals surface area contributed by atoms with Crippen molar-refractivity contribution < 1.29 is 23.9 Å². The molecule has 0 aliphatic carbocycles. The van der Waals surface area contributed by atoms with Gasteiger partial charge in [0, 0.05) is 17.7 Å². The summed E-state index contributed by atoms with van der Waals surface area (Å²) in [5.41, 5.74) is 4.24. The van der Waals surface area contributed by atoms with E-state index < -0.39 is 10.8 Å². The summed E-state index contributed by atoms with van der Waals surface area (Å²) in [5, 5.41) is 15.1. The van der Waals surface area contributed by atoms with Crippen molar-refractivity contribution in [3.63, 3.8) is 0 Å². The van der Waals surface area contributed by atoms with Crippen molar-refractivity contribution in [3.8, 4) is 17.2 Å². The standard InChI is InChI=1S/C26H24ClN3O6/c1-3-13-35-24-12-8-20(15-25(24)34-4-2)26(31)29-28-16-19-7-11-23(22(27)14-19)36-17-18-5-9-21(10-6-18)30(32)33/h3,5-12,14-16H,1,4,13,17H2,2H3,(H,29,31)/b28-16+. The van der Waals surface area contributed by atoms with Crippen LogP contribution in [0.1, 0.15) is 28.4 Å². The van der Waals surface area contributed by atoms with E-state index in [1.165, 1.54) is 18.3 Å². The van der Waals surface area contributed by atoms with Crippen molar-refractivity contribution in [2.75, 3.05) is 13.2 Å². The van der Waals surface area contributed by atoms with Crippen LogP contribution in [-0.2, 0) is 6.61 Å². The number of hydrogen-bond donors (Lipinski definition) is 1. The second-order valence-corrected chi connectivity index (χ2v) is 7.70. The number of nitrogens with one attached hydrogen (secondary N) is 1. The minimum absolute atomic E-state index is 0.0109. The molecule has 186 valence electrons. The van der Waals surface area contributed by atoms with Crippen molar-refractivity contribution in [3.05, 3.63) is 105 Å². The van der Waals surface area contributed by atoms with Gasteiger partial charge in [0.25, 0.3) is 11.6 Å². The first-order valence-electron chi connectivity index (χ1n) is 10.9. The number of benzene rings is 3. The van der Waals surface area contributed by atoms with Crippen LogP contribution in [-0.4, -0.2) is 30.3 Å². The molecule has 0 bridgehead atoms. The predicted octanol–water partition coefficient (Wildman–Crippen LogP) is 5.55. The summed E-state index contributed by atoms with van der Waals surface area (Å²) in [6.07, 6.45) is 3.07. The smallest absolute Gasteiger partial charge is 0.271 e. The van der Waals surface area contributed by atoms with Crippen molar-refractivity contribution >= 4 is 29.4 Å². The molecule has 0 heterocycles. The highest BCUT2D eigenvalue weighted by Crippen LogP contribution is 2.29. The van der Waals surface area contributed by atoms with E-state index in [0.717, 1.165) is 5.56 Å². The number of carbonyl (C=O) groups excluding carboxylic acids is 1. The van der Waals surface area contributed by atoms with Gasteiger partial charge < -0.3 is 14.2 Å². The molecule has 0 aliphatic rings. The van der Waals surface area contributed by atoms with Gasteiger partial charge in [0.2, 0.25) is 0 Å². The molecule has 9 nitrogen and oxygen atoms in total. The van der Waals surface area contributed by atoms with Crippen molar-refractivity contribution in [1.82, 2.24) is 5.43 Å². The molecule has 0 atom stereocenters. The van der Waals surface area contributed by atoms with Crippen LogP contribution in [0.15, 0.2) is 78.4 Å². The van der Waals surface area contributed by atoms with Crippen LogP contribution in [0.25, 0.3) is 0 Å². The highest BCUT2D eigenvalue weighted by molar-refractivity contribution is 6.32. The highest BCUT2D eigenvalue weighted by atomic mass is 35.5. The molecular weight excluding hydrogens is 486 g/mol. The third kappa shape index (κ3) is 7.31. The lowest BCUT2D eigenvalue weighted by Gasteiger charge is -2.12. The molecule has 10 heteroatoms. The van der Waals surface area contributed by atoms with Gasteiger partial charge in [0.1, 0.15) is 19.0 Å². The summed E-state index contributed by atoms with van der Waals surface area (Å²) in [6.45, 7) is 6.39.